The highest BCUT2D eigenvalue weighted by atomic mass is 16.1. The fourth-order valence-electron chi connectivity index (χ4n) is 2.07. The number of hydrogen-bond acceptors (Lipinski definition) is 1. The molecule has 1 aliphatic carbocycles. The van der Waals surface area contributed by atoms with Gasteiger partial charge in [-0.25, -0.2) is 0 Å². The van der Waals surface area contributed by atoms with E-state index in [0.717, 1.165) is 5.57 Å². The summed E-state index contributed by atoms with van der Waals surface area (Å²) in [4.78, 5) is 11.6. The zero-order valence-electron chi connectivity index (χ0n) is 11.3. The van der Waals surface area contributed by atoms with E-state index in [1.54, 1.807) is 6.08 Å². The summed E-state index contributed by atoms with van der Waals surface area (Å²) in [6.07, 6.45) is 14.1. The van der Waals surface area contributed by atoms with Gasteiger partial charge in [0.2, 0.25) is 0 Å². The molecule has 1 heteroatoms. The summed E-state index contributed by atoms with van der Waals surface area (Å²) in [5.74, 6) is 0.570. The van der Waals surface area contributed by atoms with Gasteiger partial charge in [-0.15, -0.1) is 0 Å². The lowest BCUT2D eigenvalue weighted by Crippen LogP contribution is -2.01. The monoisotopic (exact) mass is 232 g/mol. The van der Waals surface area contributed by atoms with E-state index in [1.807, 2.05) is 13.8 Å². The molecule has 0 spiro atoms. The summed E-state index contributed by atoms with van der Waals surface area (Å²) in [7, 11) is 0. The Morgan fingerprint density at radius 3 is 2.76 bits per heavy atom. The maximum Gasteiger partial charge on any atom is 0.156 e. The van der Waals surface area contributed by atoms with Crippen molar-refractivity contribution in [1.82, 2.24) is 0 Å². The third-order valence-electron chi connectivity index (χ3n) is 2.94. The Morgan fingerprint density at radius 2 is 2.18 bits per heavy atom. The first-order valence-electron chi connectivity index (χ1n) is 6.63. The molecule has 1 atom stereocenters. The van der Waals surface area contributed by atoms with Crippen molar-refractivity contribution >= 4 is 5.78 Å². The predicted molar refractivity (Wildman–Crippen MR) is 73.9 cm³/mol. The molecule has 1 unspecified atom stereocenters. The summed E-state index contributed by atoms with van der Waals surface area (Å²) in [6, 6.07) is 0. The highest BCUT2D eigenvalue weighted by Gasteiger charge is 2.05. The Bertz CT molecular complexity index is 341. The zero-order chi connectivity index (χ0) is 12.7. The van der Waals surface area contributed by atoms with Gasteiger partial charge in [0.15, 0.2) is 5.78 Å². The van der Waals surface area contributed by atoms with Crippen LogP contribution in [-0.4, -0.2) is 5.78 Å². The molecule has 17 heavy (non-hydrogen) atoms. The largest absolute Gasteiger partial charge is 0.295 e. The molecule has 0 aliphatic heterocycles. The number of allylic oxidation sites excluding steroid dienone is 6. The number of hydrogen-bond donors (Lipinski definition) is 0. The minimum absolute atomic E-state index is 0.236. The molecule has 0 amide bonds. The van der Waals surface area contributed by atoms with E-state index in [0.29, 0.717) is 12.3 Å². The minimum Gasteiger partial charge on any atom is -0.295 e. The van der Waals surface area contributed by atoms with E-state index in [2.05, 4.69) is 25.2 Å². The van der Waals surface area contributed by atoms with Crippen LogP contribution < -0.4 is 0 Å². The molecule has 0 aromatic rings. The molecular formula is C16H24O. The summed E-state index contributed by atoms with van der Waals surface area (Å²) < 4.78 is 0. The Morgan fingerprint density at radius 1 is 1.41 bits per heavy atom. The lowest BCUT2D eigenvalue weighted by molar-refractivity contribution is -0.115. The molecule has 0 N–H and O–H groups in total. The van der Waals surface area contributed by atoms with Crippen LogP contribution in [0.1, 0.15) is 52.9 Å². The SMILES string of the molecule is CC(C)=CC(=O)CC(C)/C=C/C1=CCCCC1. The normalized spacial score (nSPS) is 17.7. The summed E-state index contributed by atoms with van der Waals surface area (Å²) >= 11 is 0. The predicted octanol–water partition coefficient (Wildman–Crippen LogP) is 4.60. The molecule has 0 radical (unpaired) electrons. The van der Waals surface area contributed by atoms with Crippen molar-refractivity contribution in [2.45, 2.75) is 52.9 Å². The van der Waals surface area contributed by atoms with Crippen LogP contribution in [0.3, 0.4) is 0 Å². The van der Waals surface area contributed by atoms with Gasteiger partial charge in [0.25, 0.3) is 0 Å². The molecule has 0 saturated heterocycles. The lowest BCUT2D eigenvalue weighted by atomic mass is 9.96. The van der Waals surface area contributed by atoms with E-state index in [4.69, 9.17) is 0 Å². The molecule has 0 bridgehead atoms. The van der Waals surface area contributed by atoms with Gasteiger partial charge >= 0.3 is 0 Å². The van der Waals surface area contributed by atoms with Crippen molar-refractivity contribution in [1.29, 1.82) is 0 Å². The fourth-order valence-corrected chi connectivity index (χ4v) is 2.07. The Hall–Kier alpha value is -1.11. The quantitative estimate of drug-likeness (QED) is 0.633. The summed E-state index contributed by atoms with van der Waals surface area (Å²) in [6.45, 7) is 6.03. The maximum atomic E-state index is 11.6. The van der Waals surface area contributed by atoms with Gasteiger partial charge in [-0.3, -0.25) is 4.79 Å². The van der Waals surface area contributed by atoms with Gasteiger partial charge in [-0.05, 0) is 51.5 Å². The zero-order valence-corrected chi connectivity index (χ0v) is 11.3. The number of rotatable bonds is 5. The first kappa shape index (κ1) is 14.0. The Kier molecular flexibility index (Phi) is 5.96. The van der Waals surface area contributed by atoms with Crippen molar-refractivity contribution in [2.75, 3.05) is 0 Å². The summed E-state index contributed by atoms with van der Waals surface area (Å²) in [5.41, 5.74) is 2.53. The molecule has 0 saturated carbocycles. The van der Waals surface area contributed by atoms with Gasteiger partial charge in [-0.2, -0.15) is 0 Å². The average molecular weight is 232 g/mol. The van der Waals surface area contributed by atoms with Crippen LogP contribution in [-0.2, 0) is 4.79 Å². The average Bonchev–Trinajstić information content (AvgIpc) is 2.26. The van der Waals surface area contributed by atoms with Crippen LogP contribution in [0.15, 0.2) is 35.5 Å². The van der Waals surface area contributed by atoms with Crippen molar-refractivity contribution in [3.8, 4) is 0 Å². The van der Waals surface area contributed by atoms with Crippen molar-refractivity contribution in [3.05, 3.63) is 35.5 Å². The molecule has 0 fully saturated rings. The van der Waals surface area contributed by atoms with E-state index in [1.165, 1.54) is 31.3 Å². The van der Waals surface area contributed by atoms with Gasteiger partial charge in [0, 0.05) is 6.42 Å². The number of ketones is 1. The van der Waals surface area contributed by atoms with Gasteiger partial charge in [-0.1, -0.05) is 36.3 Å². The number of carbonyl (C=O) groups excluding carboxylic acids is 1. The fraction of sp³-hybridized carbons (Fsp3) is 0.562. The molecule has 94 valence electrons. The van der Waals surface area contributed by atoms with Crippen LogP contribution in [0.4, 0.5) is 0 Å². The van der Waals surface area contributed by atoms with Gasteiger partial charge in [0.05, 0.1) is 0 Å². The minimum atomic E-state index is 0.236. The van der Waals surface area contributed by atoms with Crippen molar-refractivity contribution in [2.24, 2.45) is 5.92 Å². The van der Waals surface area contributed by atoms with Crippen LogP contribution in [0.25, 0.3) is 0 Å². The van der Waals surface area contributed by atoms with Crippen LogP contribution in [0.5, 0.6) is 0 Å². The third-order valence-corrected chi connectivity index (χ3v) is 2.94. The highest BCUT2D eigenvalue weighted by Crippen LogP contribution is 2.19. The van der Waals surface area contributed by atoms with Gasteiger partial charge in [0.1, 0.15) is 0 Å². The smallest absolute Gasteiger partial charge is 0.156 e. The lowest BCUT2D eigenvalue weighted by Gasteiger charge is -2.09. The molecule has 1 rings (SSSR count). The molecule has 1 aliphatic rings. The molecule has 0 aromatic carbocycles. The topological polar surface area (TPSA) is 17.1 Å². The second-order valence-electron chi connectivity index (χ2n) is 5.25. The maximum absolute atomic E-state index is 11.6. The molecule has 0 heterocycles. The summed E-state index contributed by atoms with van der Waals surface area (Å²) in [5, 5.41) is 0. The van der Waals surface area contributed by atoms with Crippen LogP contribution in [0.2, 0.25) is 0 Å². The number of carbonyl (C=O) groups is 1. The van der Waals surface area contributed by atoms with Crippen molar-refractivity contribution < 1.29 is 4.79 Å². The van der Waals surface area contributed by atoms with E-state index in [-0.39, 0.29) is 5.78 Å². The standard InChI is InChI=1S/C16H24O/c1-13(2)11-16(17)12-14(3)9-10-15-7-5-4-6-8-15/h7,9-11,14H,4-6,8,12H2,1-3H3/b10-9+. The van der Waals surface area contributed by atoms with Crippen LogP contribution >= 0.6 is 0 Å². The van der Waals surface area contributed by atoms with Crippen molar-refractivity contribution in [3.63, 3.8) is 0 Å². The first-order chi connectivity index (χ1) is 8.08. The molecular weight excluding hydrogens is 208 g/mol. The molecule has 0 aromatic heterocycles. The first-order valence-corrected chi connectivity index (χ1v) is 6.63. The van der Waals surface area contributed by atoms with Gasteiger partial charge < -0.3 is 0 Å². The Labute approximate surface area is 105 Å². The van der Waals surface area contributed by atoms with Crippen LogP contribution in [0, 0.1) is 5.92 Å². The van der Waals surface area contributed by atoms with E-state index >= 15 is 0 Å². The second kappa shape index (κ2) is 7.26. The third kappa shape index (κ3) is 6.25. The Balaban J connectivity index is 2.40. The van der Waals surface area contributed by atoms with E-state index in [9.17, 15) is 4.79 Å². The molecule has 1 nitrogen and oxygen atoms in total. The second-order valence-corrected chi connectivity index (χ2v) is 5.25. The highest BCUT2D eigenvalue weighted by molar-refractivity contribution is 5.90. The van der Waals surface area contributed by atoms with E-state index < -0.39 is 0 Å².